The van der Waals surface area contributed by atoms with Crippen LogP contribution < -0.4 is 65.1 Å². The highest BCUT2D eigenvalue weighted by atomic mass is 32.2. The number of likely N-dealkylation sites (N-methyl/N-ethyl adjacent to an activating group) is 3. The highest BCUT2D eigenvalue weighted by Gasteiger charge is 2.47. The molecule has 22 N–H and O–H groups in total. The van der Waals surface area contributed by atoms with E-state index in [0.29, 0.717) is 56.7 Å². The standard InChI is InChI=1S/C87H117N21O23S/c1-7-8-18-68-87(130)105(4)66(26-28-131-6)81(124)102-64(42-110)80(123)103-65(77(120)94-39-73(90)116)43-132-44-74(117)96-60(29-47-20-22-52(111)23-21-47)83(126)104(3)46(2)75(118)99-62(35-72(89)115)86(129)107-27-13-19-67(107)82(125)98-59(33-51-38-91-45-95-51)78(121)97-58(24-25-71(88)114)85(128)108-40-53(112)34-69(108)70(113)32-48(30-49-36-92-56-16-11-9-14-54(49)56)76(119)101-63(41-109)79(122)100-61(84(127)106(68)5)31-50-37-93-57-17-12-10-15-55(50)57/h9-12,14-17,20-23,36-38,45-46,48,53,58-69,92-93,109-112H,7-8,13,18-19,24-35,39-44H2,1-6H3,(H2,88,114)(H2,89,115)(H2,90,116)(H,91,95)(H,94,120)(H,96,117)(H,97,121)(H,98,125)(H,99,118)(H,100,122)(H,101,119)(H,102,124)(H,103,123)/t46-,48+,53+,58-,59-,60-,61-,62-,63-,64-,65-,66-,67-,68-,69-/m0/s1. The van der Waals surface area contributed by atoms with Gasteiger partial charge >= 0.3 is 0 Å². The molecule has 0 spiro atoms. The number of amides is 17. The summed E-state index contributed by atoms with van der Waals surface area (Å²) in [7, 11) is 5.02. The number of para-hydroxylation sites is 2. The zero-order valence-electron chi connectivity index (χ0n) is 74.0. The second kappa shape index (κ2) is 48.5. The highest BCUT2D eigenvalue weighted by Crippen LogP contribution is 2.30. The zero-order chi connectivity index (χ0) is 96.3. The number of hydrogen-bond acceptors (Lipinski definition) is 25. The Hall–Kier alpha value is -13.4. The SMILES string of the molecule is CCCC[C@H]1C(=O)N(C)[C@@H](CCOC)C(=O)N[C@@H](CO)C(=O)N[C@H](C(=O)NCC(N)=O)CSCC(=O)N[C@@H](Cc2ccc(O)cc2)C(=O)N(C)[C@@H](C)C(=O)N[C@@H](CC(N)=O)C(=O)N2CCC[C@H]2C(=O)N[C@@H](Cc2c[nH]cn2)C(=O)N[C@@H](CCC(N)=O)C(=O)N2C[C@H](O)C[C@H]2C(=O)C[C@@H](Cc2c[nH]c3ccccc23)C(=O)N[C@@H](CO)C(=O)N[C@@H](Cc2c[nH]c3ccccc23)C(=O)N1C. The number of aromatic nitrogens is 4. The maximum absolute atomic E-state index is 15.6. The number of phenols is 1. The van der Waals surface area contributed by atoms with Crippen LogP contribution in [0.25, 0.3) is 21.8 Å². The minimum atomic E-state index is -1.91. The van der Waals surface area contributed by atoms with Gasteiger partial charge in [-0.1, -0.05) is 68.3 Å². The van der Waals surface area contributed by atoms with Gasteiger partial charge in [0.2, 0.25) is 100 Å². The Bertz CT molecular complexity index is 5150. The van der Waals surface area contributed by atoms with Gasteiger partial charge in [0.05, 0.1) is 56.1 Å². The summed E-state index contributed by atoms with van der Waals surface area (Å²) in [6.07, 6.45) is 0.551. The fourth-order valence-electron chi connectivity index (χ4n) is 16.1. The lowest BCUT2D eigenvalue weighted by molar-refractivity contribution is -0.150. The third kappa shape index (κ3) is 27.6. The summed E-state index contributed by atoms with van der Waals surface area (Å²) in [4.78, 5) is 279. The molecule has 3 aliphatic rings. The van der Waals surface area contributed by atoms with Crippen LogP contribution in [0.2, 0.25) is 0 Å². The number of benzene rings is 3. The van der Waals surface area contributed by atoms with Crippen molar-refractivity contribution in [1.82, 2.24) is 92.3 Å². The Morgan fingerprint density at radius 2 is 1.14 bits per heavy atom. The number of aromatic amines is 3. The number of ketones is 1. The molecule has 0 bridgehead atoms. The molecule has 17 amide bonds. The Balaban J connectivity index is 1.09. The Labute approximate surface area is 763 Å². The lowest BCUT2D eigenvalue weighted by Gasteiger charge is -2.36. The van der Waals surface area contributed by atoms with Crippen molar-refractivity contribution < 1.29 is 111 Å². The summed E-state index contributed by atoms with van der Waals surface area (Å²) >= 11 is 0.704. The minimum absolute atomic E-state index is 0.0605. The predicted molar refractivity (Wildman–Crippen MR) is 475 cm³/mol. The van der Waals surface area contributed by atoms with Gasteiger partial charge in [-0.15, -0.1) is 11.8 Å². The van der Waals surface area contributed by atoms with Crippen molar-refractivity contribution in [1.29, 1.82) is 0 Å². The van der Waals surface area contributed by atoms with Crippen molar-refractivity contribution >= 4 is 140 Å². The van der Waals surface area contributed by atoms with Gasteiger partial charge in [-0.05, 0) is 80.0 Å². The van der Waals surface area contributed by atoms with Crippen LogP contribution in [0.1, 0.15) is 107 Å². The van der Waals surface area contributed by atoms with Crippen molar-refractivity contribution in [3.63, 3.8) is 0 Å². The molecule has 3 aromatic carbocycles. The van der Waals surface area contributed by atoms with E-state index in [4.69, 9.17) is 21.9 Å². The number of unbranched alkanes of at least 4 members (excludes halogenated alkanes) is 1. The number of Topliss-reactive ketones (excluding diaryl/α,β-unsaturated/α-hetero) is 1. The first-order valence-corrected chi connectivity index (χ1v) is 44.4. The topological polar surface area (TPSA) is 660 Å². The number of nitrogens with zero attached hydrogens (tertiary/aromatic N) is 6. The number of phenolic OH excluding ortho intramolecular Hbond substituents is 1. The molecule has 44 nitrogen and oxygen atoms in total. The molecule has 132 heavy (non-hydrogen) atoms. The fourth-order valence-corrected chi connectivity index (χ4v) is 17.0. The summed E-state index contributed by atoms with van der Waals surface area (Å²) in [5.41, 5.74) is 19.5. The first-order chi connectivity index (χ1) is 62.9. The number of primary amides is 3. The molecule has 3 saturated heterocycles. The molecule has 45 heteroatoms. The van der Waals surface area contributed by atoms with Gasteiger partial charge in [0, 0.05) is 145 Å². The maximum atomic E-state index is 15.6. The lowest BCUT2D eigenvalue weighted by atomic mass is 9.90. The van der Waals surface area contributed by atoms with E-state index in [1.54, 1.807) is 60.9 Å². The normalized spacial score (nSPS) is 25.1. The number of aliphatic hydroxyl groups is 3. The number of nitrogens with two attached hydrogens (primary N) is 3. The molecule has 714 valence electrons. The number of imidazole rings is 1. The molecule has 0 aliphatic carbocycles. The van der Waals surface area contributed by atoms with Crippen molar-refractivity contribution in [2.75, 3.05) is 79.2 Å². The van der Waals surface area contributed by atoms with E-state index in [1.165, 1.54) is 72.0 Å². The highest BCUT2D eigenvalue weighted by molar-refractivity contribution is 8.00. The quantitative estimate of drug-likeness (QED) is 0.0270. The van der Waals surface area contributed by atoms with Crippen molar-refractivity contribution in [2.24, 2.45) is 23.1 Å². The van der Waals surface area contributed by atoms with Crippen LogP contribution in [0, 0.1) is 5.92 Å². The molecule has 6 aromatic rings. The third-order valence-electron chi connectivity index (χ3n) is 23.5. The van der Waals surface area contributed by atoms with Crippen molar-refractivity contribution in [3.05, 3.63) is 120 Å². The van der Waals surface area contributed by atoms with E-state index in [1.807, 2.05) is 6.92 Å². The van der Waals surface area contributed by atoms with Gasteiger partial charge in [-0.25, -0.2) is 4.98 Å². The van der Waals surface area contributed by atoms with Crippen LogP contribution in [0.3, 0.4) is 0 Å². The van der Waals surface area contributed by atoms with Gasteiger partial charge in [-0.2, -0.15) is 0 Å². The monoisotopic (exact) mass is 1860 g/mol. The van der Waals surface area contributed by atoms with Crippen LogP contribution in [-0.4, -0.2) is 335 Å². The van der Waals surface area contributed by atoms with E-state index in [0.717, 1.165) is 24.5 Å². The number of nitrogens with one attached hydrogen (secondary N) is 12. The first-order valence-electron chi connectivity index (χ1n) is 43.2. The van der Waals surface area contributed by atoms with Gasteiger partial charge < -0.3 is 130 Å². The molecule has 0 unspecified atom stereocenters. The molecule has 6 heterocycles. The zero-order valence-corrected chi connectivity index (χ0v) is 74.8. The lowest BCUT2D eigenvalue weighted by Crippen LogP contribution is -2.61. The summed E-state index contributed by atoms with van der Waals surface area (Å²) in [6, 6.07) is -2.07. The molecule has 3 aromatic heterocycles. The number of aliphatic hydroxyl groups excluding tert-OH is 3. The Kier molecular flexibility index (Phi) is 37.6. The molecule has 15 atom stereocenters. The molecule has 0 saturated carbocycles. The number of ether oxygens (including phenoxy) is 1. The van der Waals surface area contributed by atoms with E-state index in [2.05, 4.69) is 67.8 Å². The summed E-state index contributed by atoms with van der Waals surface area (Å²) in [6.45, 7) is -0.884. The number of carbonyl (C=O) groups is 18. The molecular weight excluding hydrogens is 1740 g/mol. The van der Waals surface area contributed by atoms with Gasteiger partial charge in [0.25, 0.3) is 0 Å². The van der Waals surface area contributed by atoms with Gasteiger partial charge in [-0.3, -0.25) is 86.3 Å². The number of aromatic hydroxyl groups is 1. The predicted octanol–water partition coefficient (Wildman–Crippen LogP) is -5.04. The molecule has 3 fully saturated rings. The van der Waals surface area contributed by atoms with E-state index >= 15 is 33.6 Å². The smallest absolute Gasteiger partial charge is 0.246 e. The fraction of sp³-hybridized carbons (Fsp3) is 0.506. The van der Waals surface area contributed by atoms with E-state index in [9.17, 15) is 73.2 Å². The Morgan fingerprint density at radius 3 is 1.76 bits per heavy atom. The van der Waals surface area contributed by atoms with Crippen LogP contribution in [-0.2, 0) is 117 Å². The number of rotatable bonds is 24. The van der Waals surface area contributed by atoms with Crippen molar-refractivity contribution in [2.45, 2.75) is 195 Å². The second-order valence-electron chi connectivity index (χ2n) is 33.0. The number of fused-ring (bicyclic) bond motifs is 4. The summed E-state index contributed by atoms with van der Waals surface area (Å²) in [5, 5.41) is 67.6. The Morgan fingerprint density at radius 1 is 0.568 bits per heavy atom. The first kappa shape index (κ1) is 102. The number of methoxy groups -OCH3 is 1. The minimum Gasteiger partial charge on any atom is -0.508 e. The summed E-state index contributed by atoms with van der Waals surface area (Å²) in [5.74, 6) is -20.8. The van der Waals surface area contributed by atoms with Crippen LogP contribution in [0.15, 0.2) is 97.7 Å². The number of carbonyl (C=O) groups excluding carboxylic acids is 18. The molecule has 3 aliphatic heterocycles. The van der Waals surface area contributed by atoms with E-state index < -0.39 is 273 Å². The average Bonchev–Trinajstić information content (AvgIpc) is 1.59. The molecular formula is C87H117N21O23S. The summed E-state index contributed by atoms with van der Waals surface area (Å²) < 4.78 is 5.37. The van der Waals surface area contributed by atoms with Crippen molar-refractivity contribution in [3.8, 4) is 5.75 Å². The molecule has 0 radical (unpaired) electrons. The molecule has 9 rings (SSSR count). The van der Waals surface area contributed by atoms with Gasteiger partial charge in [0.1, 0.15) is 78.3 Å². The van der Waals surface area contributed by atoms with Crippen LogP contribution >= 0.6 is 11.8 Å². The average molecular weight is 1860 g/mol. The van der Waals surface area contributed by atoms with Crippen LogP contribution in [0.5, 0.6) is 5.75 Å². The largest absolute Gasteiger partial charge is 0.508 e. The third-order valence-corrected chi connectivity index (χ3v) is 24.6. The van der Waals surface area contributed by atoms with E-state index in [-0.39, 0.29) is 76.0 Å². The number of hydrogen-bond donors (Lipinski definition) is 19. The van der Waals surface area contributed by atoms with Gasteiger partial charge in [0.15, 0.2) is 5.78 Å². The maximum Gasteiger partial charge on any atom is 0.246 e. The number of H-pyrrole nitrogens is 3. The van der Waals surface area contributed by atoms with Crippen LogP contribution in [0.4, 0.5) is 0 Å². The number of thioether (sulfide) groups is 1. The second-order valence-corrected chi connectivity index (χ2v) is 34.0.